The first-order chi connectivity index (χ1) is 7.37. The fourth-order valence-electron chi connectivity index (χ4n) is 1.19. The molecule has 0 aliphatic heterocycles. The van der Waals surface area contributed by atoms with Gasteiger partial charge in [-0.15, -0.1) is 0 Å². The molecule has 0 bridgehead atoms. The first-order valence-corrected chi connectivity index (χ1v) is 5.09. The maximum absolute atomic E-state index is 11.6. The van der Waals surface area contributed by atoms with E-state index >= 15 is 0 Å². The third-order valence-corrected chi connectivity index (χ3v) is 2.16. The van der Waals surface area contributed by atoms with Crippen molar-refractivity contribution in [2.24, 2.45) is 0 Å². The van der Waals surface area contributed by atoms with E-state index in [-0.39, 0.29) is 12.5 Å². The lowest BCUT2D eigenvalue weighted by atomic mass is 10.0. The van der Waals surface area contributed by atoms with Crippen molar-refractivity contribution < 1.29 is 19.4 Å². The molecule has 0 aliphatic carbocycles. The summed E-state index contributed by atoms with van der Waals surface area (Å²) in [7, 11) is 1.39. The molecule has 0 fully saturated rings. The highest BCUT2D eigenvalue weighted by Crippen LogP contribution is 2.07. The Morgan fingerprint density at radius 1 is 1.50 bits per heavy atom. The maximum Gasteiger partial charge on any atom is 0.331 e. The second kappa shape index (κ2) is 6.27. The molecule has 0 saturated carbocycles. The fraction of sp³-hybridized carbons (Fsp3) is 0.636. The third-order valence-electron chi connectivity index (χ3n) is 2.16. The summed E-state index contributed by atoms with van der Waals surface area (Å²) in [5.74, 6) is -1.50. The number of rotatable bonds is 6. The highest BCUT2D eigenvalue weighted by Gasteiger charge is 2.35. The molecule has 0 saturated heterocycles. The van der Waals surface area contributed by atoms with Crippen molar-refractivity contribution in [3.05, 3.63) is 11.6 Å². The Morgan fingerprint density at radius 3 is 2.44 bits per heavy atom. The highest BCUT2D eigenvalue weighted by atomic mass is 16.5. The van der Waals surface area contributed by atoms with Gasteiger partial charge in [0.05, 0.1) is 6.61 Å². The summed E-state index contributed by atoms with van der Waals surface area (Å²) in [5, 5.41) is 11.5. The second-order valence-corrected chi connectivity index (χ2v) is 3.82. The van der Waals surface area contributed by atoms with E-state index in [9.17, 15) is 9.59 Å². The van der Waals surface area contributed by atoms with Gasteiger partial charge >= 0.3 is 5.97 Å². The Bertz CT molecular complexity index is 298. The summed E-state index contributed by atoms with van der Waals surface area (Å²) in [6.07, 6.45) is 2.47. The fourth-order valence-corrected chi connectivity index (χ4v) is 1.19. The SMILES string of the molecule is CC/C=C(/C)C(=O)NC(C)(COC)C(=O)O. The Labute approximate surface area is 95.5 Å². The Hall–Kier alpha value is -1.36. The van der Waals surface area contributed by atoms with Crippen LogP contribution in [0.25, 0.3) is 0 Å². The smallest absolute Gasteiger partial charge is 0.331 e. The van der Waals surface area contributed by atoms with Crippen molar-refractivity contribution >= 4 is 11.9 Å². The minimum atomic E-state index is -1.39. The van der Waals surface area contributed by atoms with Gasteiger partial charge in [0.1, 0.15) is 0 Å². The van der Waals surface area contributed by atoms with Gasteiger partial charge in [0.15, 0.2) is 5.54 Å². The third kappa shape index (κ3) is 4.02. The van der Waals surface area contributed by atoms with E-state index < -0.39 is 11.5 Å². The topological polar surface area (TPSA) is 75.6 Å². The van der Waals surface area contributed by atoms with Crippen LogP contribution >= 0.6 is 0 Å². The molecule has 5 heteroatoms. The zero-order chi connectivity index (χ0) is 12.8. The van der Waals surface area contributed by atoms with Gasteiger partial charge in [-0.2, -0.15) is 0 Å². The van der Waals surface area contributed by atoms with Gasteiger partial charge in [0, 0.05) is 12.7 Å². The molecule has 0 aliphatic rings. The van der Waals surface area contributed by atoms with Crippen molar-refractivity contribution in [1.82, 2.24) is 5.32 Å². The number of nitrogens with one attached hydrogen (secondary N) is 1. The summed E-state index contributed by atoms with van der Waals surface area (Å²) in [4.78, 5) is 22.6. The Kier molecular flexibility index (Phi) is 5.74. The summed E-state index contributed by atoms with van der Waals surface area (Å²) < 4.78 is 4.79. The van der Waals surface area contributed by atoms with E-state index in [4.69, 9.17) is 9.84 Å². The van der Waals surface area contributed by atoms with Gasteiger partial charge in [-0.25, -0.2) is 4.79 Å². The molecule has 0 aromatic rings. The Balaban J connectivity index is 4.71. The van der Waals surface area contributed by atoms with Crippen molar-refractivity contribution in [1.29, 1.82) is 0 Å². The molecule has 5 nitrogen and oxygen atoms in total. The van der Waals surface area contributed by atoms with Crippen molar-refractivity contribution in [2.45, 2.75) is 32.7 Å². The number of hydrogen-bond donors (Lipinski definition) is 2. The van der Waals surface area contributed by atoms with Crippen LogP contribution in [0.1, 0.15) is 27.2 Å². The van der Waals surface area contributed by atoms with Crippen LogP contribution < -0.4 is 5.32 Å². The molecule has 1 atom stereocenters. The molecular weight excluding hydrogens is 210 g/mol. The van der Waals surface area contributed by atoms with Crippen LogP contribution in [-0.2, 0) is 14.3 Å². The van der Waals surface area contributed by atoms with Crippen molar-refractivity contribution in [3.8, 4) is 0 Å². The van der Waals surface area contributed by atoms with Crippen LogP contribution in [-0.4, -0.2) is 36.2 Å². The number of methoxy groups -OCH3 is 1. The largest absolute Gasteiger partial charge is 0.479 e. The van der Waals surface area contributed by atoms with Crippen LogP contribution in [0.3, 0.4) is 0 Å². The number of hydrogen-bond acceptors (Lipinski definition) is 3. The quantitative estimate of drug-likeness (QED) is 0.665. The van der Waals surface area contributed by atoms with Crippen molar-refractivity contribution in [3.63, 3.8) is 0 Å². The average molecular weight is 229 g/mol. The number of allylic oxidation sites excluding steroid dienone is 1. The van der Waals surface area contributed by atoms with Gasteiger partial charge in [-0.1, -0.05) is 13.0 Å². The van der Waals surface area contributed by atoms with Gasteiger partial charge in [0.25, 0.3) is 0 Å². The molecule has 1 unspecified atom stereocenters. The number of carbonyl (C=O) groups excluding carboxylic acids is 1. The summed E-state index contributed by atoms with van der Waals surface area (Å²) in [5.41, 5.74) is -0.889. The first kappa shape index (κ1) is 14.6. The number of carboxylic acid groups (broad SMARTS) is 1. The molecule has 0 heterocycles. The highest BCUT2D eigenvalue weighted by molar-refractivity contribution is 5.96. The van der Waals surface area contributed by atoms with E-state index in [1.165, 1.54) is 14.0 Å². The second-order valence-electron chi connectivity index (χ2n) is 3.82. The molecule has 92 valence electrons. The molecule has 0 aromatic heterocycles. The molecule has 0 rings (SSSR count). The summed E-state index contributed by atoms with van der Waals surface area (Å²) in [6, 6.07) is 0. The van der Waals surface area contributed by atoms with E-state index in [1.807, 2.05) is 6.92 Å². The van der Waals surface area contributed by atoms with Crippen LogP contribution in [0, 0.1) is 0 Å². The molecule has 2 N–H and O–H groups in total. The van der Waals surface area contributed by atoms with Crippen LogP contribution in [0.15, 0.2) is 11.6 Å². The lowest BCUT2D eigenvalue weighted by molar-refractivity contribution is -0.148. The normalized spacial score (nSPS) is 15.4. The number of ether oxygens (including phenoxy) is 1. The number of amides is 1. The minimum absolute atomic E-state index is 0.0759. The molecule has 16 heavy (non-hydrogen) atoms. The lowest BCUT2D eigenvalue weighted by Gasteiger charge is -2.25. The van der Waals surface area contributed by atoms with Gasteiger partial charge in [-0.3, -0.25) is 4.79 Å². The monoisotopic (exact) mass is 229 g/mol. The zero-order valence-corrected chi connectivity index (χ0v) is 10.2. The van der Waals surface area contributed by atoms with E-state index in [0.717, 1.165) is 6.42 Å². The summed E-state index contributed by atoms with van der Waals surface area (Å²) in [6.45, 7) is 4.89. The van der Waals surface area contributed by atoms with Gasteiger partial charge < -0.3 is 15.2 Å². The van der Waals surface area contributed by atoms with Crippen LogP contribution in [0.2, 0.25) is 0 Å². The lowest BCUT2D eigenvalue weighted by Crippen LogP contribution is -2.55. The molecule has 0 aromatic carbocycles. The Morgan fingerprint density at radius 2 is 2.06 bits per heavy atom. The molecule has 0 spiro atoms. The van der Waals surface area contributed by atoms with Crippen LogP contribution in [0.5, 0.6) is 0 Å². The predicted molar refractivity (Wildman–Crippen MR) is 60.1 cm³/mol. The molecular formula is C11H19NO4. The summed E-state index contributed by atoms with van der Waals surface area (Å²) >= 11 is 0. The van der Waals surface area contributed by atoms with E-state index in [1.54, 1.807) is 13.0 Å². The number of aliphatic carboxylic acids is 1. The first-order valence-electron chi connectivity index (χ1n) is 5.09. The van der Waals surface area contributed by atoms with Gasteiger partial charge in [-0.05, 0) is 20.3 Å². The average Bonchev–Trinajstić information content (AvgIpc) is 2.18. The zero-order valence-electron chi connectivity index (χ0n) is 10.2. The van der Waals surface area contributed by atoms with Crippen LogP contribution in [0.4, 0.5) is 0 Å². The molecule has 0 radical (unpaired) electrons. The van der Waals surface area contributed by atoms with Gasteiger partial charge in [0.2, 0.25) is 5.91 Å². The number of carbonyl (C=O) groups is 2. The van der Waals surface area contributed by atoms with E-state index in [0.29, 0.717) is 5.57 Å². The maximum atomic E-state index is 11.6. The number of carboxylic acids is 1. The molecule has 1 amide bonds. The minimum Gasteiger partial charge on any atom is -0.479 e. The predicted octanol–water partition coefficient (Wildman–Crippen LogP) is 0.949. The standard InChI is InChI=1S/C11H19NO4/c1-5-6-8(2)9(13)12-11(3,7-16-4)10(14)15/h6H,5,7H2,1-4H3,(H,12,13)(H,14,15)/b8-6-. The van der Waals surface area contributed by atoms with E-state index in [2.05, 4.69) is 5.32 Å². The van der Waals surface area contributed by atoms with Crippen molar-refractivity contribution in [2.75, 3.05) is 13.7 Å².